The van der Waals surface area contributed by atoms with Crippen LogP contribution < -0.4 is 5.56 Å². The summed E-state index contributed by atoms with van der Waals surface area (Å²) in [7, 11) is 0. The summed E-state index contributed by atoms with van der Waals surface area (Å²) in [6.45, 7) is 3.63. The minimum Gasteiger partial charge on any atom is -0.376 e. The fraction of sp³-hybridized carbons (Fsp3) is 0.474. The van der Waals surface area contributed by atoms with E-state index in [0.717, 1.165) is 17.5 Å². The minimum atomic E-state index is -5.00. The van der Waals surface area contributed by atoms with Crippen molar-refractivity contribution in [2.75, 3.05) is 13.2 Å². The molecule has 8 heteroatoms. The standard InChI is InChI=1S/C19H21F3N2O3/c1-11-5-6-13-8-14(17(25)23-16(13)12(11)2)9-24(18(26)19(20,21)22)10-15-4-3-7-27-15/h5-6,8,15H,3-4,7,9-10H2,1-2H3,(H,23,25)/t15-/m1/s1. The first-order valence-electron chi connectivity index (χ1n) is 8.76. The normalized spacial score (nSPS) is 17.4. The zero-order valence-electron chi connectivity index (χ0n) is 15.2. The van der Waals surface area contributed by atoms with Crippen molar-refractivity contribution in [2.45, 2.75) is 45.5 Å². The number of pyridine rings is 1. The third-order valence-corrected chi connectivity index (χ3v) is 4.97. The summed E-state index contributed by atoms with van der Waals surface area (Å²) in [6, 6.07) is 5.23. The van der Waals surface area contributed by atoms with E-state index >= 15 is 0 Å². The smallest absolute Gasteiger partial charge is 0.376 e. The molecule has 2 aromatic rings. The summed E-state index contributed by atoms with van der Waals surface area (Å²) in [5.41, 5.74) is 2.17. The molecule has 1 N–H and O–H groups in total. The Balaban J connectivity index is 1.94. The monoisotopic (exact) mass is 382 g/mol. The topological polar surface area (TPSA) is 62.4 Å². The number of nitrogens with one attached hydrogen (secondary N) is 1. The van der Waals surface area contributed by atoms with Crippen LogP contribution in [-0.4, -0.2) is 41.2 Å². The molecule has 1 aromatic heterocycles. The van der Waals surface area contributed by atoms with Gasteiger partial charge in [-0.15, -0.1) is 0 Å². The Morgan fingerprint density at radius 2 is 2.07 bits per heavy atom. The molecule has 0 saturated carbocycles. The molecule has 0 spiro atoms. The molecular weight excluding hydrogens is 361 g/mol. The summed E-state index contributed by atoms with van der Waals surface area (Å²) in [5.74, 6) is -1.96. The van der Waals surface area contributed by atoms with Gasteiger partial charge in [-0.25, -0.2) is 0 Å². The van der Waals surface area contributed by atoms with Gasteiger partial charge in [0.25, 0.3) is 5.56 Å². The molecule has 1 amide bonds. The number of nitrogens with zero attached hydrogens (tertiary/aromatic N) is 1. The van der Waals surface area contributed by atoms with E-state index in [4.69, 9.17) is 4.74 Å². The number of aryl methyl sites for hydroxylation is 2. The number of aromatic nitrogens is 1. The van der Waals surface area contributed by atoms with Crippen molar-refractivity contribution in [3.05, 3.63) is 45.2 Å². The Kier molecular flexibility index (Phi) is 5.28. The first-order chi connectivity index (χ1) is 12.7. The van der Waals surface area contributed by atoms with Crippen LogP contribution in [-0.2, 0) is 16.1 Å². The summed E-state index contributed by atoms with van der Waals surface area (Å²) < 4.78 is 44.4. The van der Waals surface area contributed by atoms with E-state index in [9.17, 15) is 22.8 Å². The van der Waals surface area contributed by atoms with E-state index in [0.29, 0.717) is 28.8 Å². The molecule has 5 nitrogen and oxygen atoms in total. The Morgan fingerprint density at radius 1 is 1.33 bits per heavy atom. The summed E-state index contributed by atoms with van der Waals surface area (Å²) in [6.07, 6.45) is -4.11. The third-order valence-electron chi connectivity index (χ3n) is 4.97. The number of carbonyl (C=O) groups excluding carboxylic acids is 1. The van der Waals surface area contributed by atoms with Crippen molar-refractivity contribution < 1.29 is 22.7 Å². The van der Waals surface area contributed by atoms with Crippen LogP contribution >= 0.6 is 0 Å². The predicted molar refractivity (Wildman–Crippen MR) is 94.5 cm³/mol. The highest BCUT2D eigenvalue weighted by Gasteiger charge is 2.43. The van der Waals surface area contributed by atoms with E-state index in [-0.39, 0.29) is 12.1 Å². The first kappa shape index (κ1) is 19.4. The van der Waals surface area contributed by atoms with Crippen LogP contribution in [0.1, 0.15) is 29.5 Å². The van der Waals surface area contributed by atoms with E-state index in [1.807, 2.05) is 19.9 Å². The van der Waals surface area contributed by atoms with Crippen molar-refractivity contribution in [1.29, 1.82) is 0 Å². The van der Waals surface area contributed by atoms with Crippen LogP contribution in [0.5, 0.6) is 0 Å². The summed E-state index contributed by atoms with van der Waals surface area (Å²) in [5, 5.41) is 0.712. The molecule has 2 heterocycles. The lowest BCUT2D eigenvalue weighted by Crippen LogP contribution is -2.45. The maximum absolute atomic E-state index is 13.0. The molecule has 1 saturated heterocycles. The number of hydrogen-bond acceptors (Lipinski definition) is 3. The number of rotatable bonds is 4. The zero-order chi connectivity index (χ0) is 19.8. The van der Waals surface area contributed by atoms with E-state index in [1.165, 1.54) is 0 Å². The Morgan fingerprint density at radius 3 is 2.70 bits per heavy atom. The van der Waals surface area contributed by atoms with Gasteiger partial charge >= 0.3 is 12.1 Å². The molecule has 146 valence electrons. The number of amides is 1. The minimum absolute atomic E-state index is 0.112. The molecule has 27 heavy (non-hydrogen) atoms. The molecule has 0 aliphatic carbocycles. The molecule has 0 unspecified atom stereocenters. The van der Waals surface area contributed by atoms with Crippen molar-refractivity contribution in [3.8, 4) is 0 Å². The van der Waals surface area contributed by atoms with Gasteiger partial charge in [0.05, 0.1) is 18.2 Å². The lowest BCUT2D eigenvalue weighted by Gasteiger charge is -2.26. The molecule has 1 aliphatic rings. The van der Waals surface area contributed by atoms with Crippen LogP contribution in [0.15, 0.2) is 23.0 Å². The van der Waals surface area contributed by atoms with Gasteiger partial charge in [-0.05, 0) is 49.3 Å². The number of H-pyrrole nitrogens is 1. The molecule has 1 aliphatic heterocycles. The maximum atomic E-state index is 13.0. The number of alkyl halides is 3. The molecule has 0 radical (unpaired) electrons. The Hall–Kier alpha value is -2.35. The summed E-state index contributed by atoms with van der Waals surface area (Å²) >= 11 is 0. The maximum Gasteiger partial charge on any atom is 0.471 e. The van der Waals surface area contributed by atoms with E-state index < -0.39 is 30.3 Å². The van der Waals surface area contributed by atoms with Gasteiger partial charge in [0.2, 0.25) is 0 Å². The average molecular weight is 382 g/mol. The molecule has 1 aromatic carbocycles. The van der Waals surface area contributed by atoms with Crippen LogP contribution in [0.3, 0.4) is 0 Å². The van der Waals surface area contributed by atoms with E-state index in [2.05, 4.69) is 4.98 Å². The fourth-order valence-electron chi connectivity index (χ4n) is 3.33. The first-order valence-corrected chi connectivity index (χ1v) is 8.76. The van der Waals surface area contributed by atoms with Gasteiger partial charge < -0.3 is 14.6 Å². The largest absolute Gasteiger partial charge is 0.471 e. The Bertz CT molecular complexity index is 915. The van der Waals surface area contributed by atoms with Gasteiger partial charge in [0, 0.05) is 18.7 Å². The van der Waals surface area contributed by atoms with Gasteiger partial charge in [0.15, 0.2) is 0 Å². The molecular formula is C19H21F3N2O3. The zero-order valence-corrected chi connectivity index (χ0v) is 15.2. The highest BCUT2D eigenvalue weighted by atomic mass is 19.4. The van der Waals surface area contributed by atoms with Crippen molar-refractivity contribution >= 4 is 16.8 Å². The van der Waals surface area contributed by atoms with Crippen LogP contribution in [0.2, 0.25) is 0 Å². The highest BCUT2D eigenvalue weighted by molar-refractivity contribution is 5.84. The van der Waals surface area contributed by atoms with Gasteiger partial charge in [0.1, 0.15) is 0 Å². The summed E-state index contributed by atoms with van der Waals surface area (Å²) in [4.78, 5) is 27.7. The Labute approximate surface area is 154 Å². The van der Waals surface area contributed by atoms with Gasteiger partial charge in [-0.1, -0.05) is 12.1 Å². The number of carbonyl (C=O) groups is 1. The second-order valence-corrected chi connectivity index (χ2v) is 6.91. The average Bonchev–Trinajstić information content (AvgIpc) is 3.10. The van der Waals surface area contributed by atoms with Crippen molar-refractivity contribution in [1.82, 2.24) is 9.88 Å². The number of halogens is 3. The second kappa shape index (κ2) is 7.34. The predicted octanol–water partition coefficient (Wildman–Crippen LogP) is 3.21. The third kappa shape index (κ3) is 4.16. The molecule has 3 rings (SSSR count). The quantitative estimate of drug-likeness (QED) is 0.883. The number of benzene rings is 1. The molecule has 0 bridgehead atoms. The van der Waals surface area contributed by atoms with Crippen LogP contribution in [0.25, 0.3) is 10.9 Å². The van der Waals surface area contributed by atoms with Crippen molar-refractivity contribution in [2.24, 2.45) is 0 Å². The van der Waals surface area contributed by atoms with E-state index in [1.54, 1.807) is 12.1 Å². The number of hydrogen-bond donors (Lipinski definition) is 1. The second-order valence-electron chi connectivity index (χ2n) is 6.91. The number of aromatic amines is 1. The van der Waals surface area contributed by atoms with Crippen molar-refractivity contribution in [3.63, 3.8) is 0 Å². The molecule has 1 atom stereocenters. The lowest BCUT2D eigenvalue weighted by atomic mass is 10.0. The fourth-order valence-corrected chi connectivity index (χ4v) is 3.33. The van der Waals surface area contributed by atoms with Gasteiger partial charge in [-0.2, -0.15) is 13.2 Å². The van der Waals surface area contributed by atoms with Crippen LogP contribution in [0, 0.1) is 13.8 Å². The SMILES string of the molecule is Cc1ccc2cc(CN(C[C@H]3CCCO3)C(=O)C(F)(F)F)c(=O)[nH]c2c1C. The van der Waals surface area contributed by atoms with Gasteiger partial charge in [-0.3, -0.25) is 9.59 Å². The molecule has 1 fully saturated rings. The van der Waals surface area contributed by atoms with Crippen LogP contribution in [0.4, 0.5) is 13.2 Å². The highest BCUT2D eigenvalue weighted by Crippen LogP contribution is 2.24. The number of ether oxygens (including phenoxy) is 1. The number of fused-ring (bicyclic) bond motifs is 1. The lowest BCUT2D eigenvalue weighted by molar-refractivity contribution is -0.187.